The molecule has 0 saturated carbocycles. The van der Waals surface area contributed by atoms with E-state index in [-0.39, 0.29) is 11.9 Å². The number of carbonyl (C=O) groups excluding carboxylic acids is 2. The molecule has 0 saturated heterocycles. The molecule has 0 bridgehead atoms. The van der Waals surface area contributed by atoms with Gasteiger partial charge in [-0.1, -0.05) is 105 Å². The van der Waals surface area contributed by atoms with Gasteiger partial charge in [0.05, 0.1) is 5.41 Å². The molecule has 0 aliphatic carbocycles. The van der Waals surface area contributed by atoms with Crippen molar-refractivity contribution < 1.29 is 14.3 Å². The van der Waals surface area contributed by atoms with E-state index in [0.717, 1.165) is 38.5 Å². The van der Waals surface area contributed by atoms with Crippen LogP contribution in [0.3, 0.4) is 0 Å². The van der Waals surface area contributed by atoms with Gasteiger partial charge in [0.25, 0.3) is 0 Å². The molecule has 0 atom stereocenters. The molecule has 3 nitrogen and oxygen atoms in total. The third-order valence-electron chi connectivity index (χ3n) is 5.79. The van der Waals surface area contributed by atoms with E-state index in [0.29, 0.717) is 6.42 Å². The van der Waals surface area contributed by atoms with Crippen molar-refractivity contribution >= 4 is 11.9 Å². The highest BCUT2D eigenvalue weighted by Crippen LogP contribution is 2.37. The van der Waals surface area contributed by atoms with Crippen LogP contribution in [0.2, 0.25) is 0 Å². The Bertz CT molecular complexity index is 360. The van der Waals surface area contributed by atoms with Gasteiger partial charge in [-0.3, -0.25) is 9.59 Å². The largest absolute Gasteiger partial charge is 0.393 e. The number of hydrogen-bond acceptors (Lipinski definition) is 3. The van der Waals surface area contributed by atoms with Crippen molar-refractivity contribution in [3.05, 3.63) is 0 Å². The molecule has 0 fully saturated rings. The summed E-state index contributed by atoms with van der Waals surface area (Å²) in [5.41, 5.74) is -0.459. The van der Waals surface area contributed by atoms with E-state index < -0.39 is 5.41 Å². The average Bonchev–Trinajstić information content (AvgIpc) is 2.65. The summed E-state index contributed by atoms with van der Waals surface area (Å²) in [6, 6.07) is 0. The maximum atomic E-state index is 12.9. The molecule has 27 heavy (non-hydrogen) atoms. The first-order chi connectivity index (χ1) is 13.1. The van der Waals surface area contributed by atoms with Gasteiger partial charge in [0.15, 0.2) is 0 Å². The van der Waals surface area contributed by atoms with Crippen LogP contribution < -0.4 is 0 Å². The summed E-state index contributed by atoms with van der Waals surface area (Å²) >= 11 is 0. The highest BCUT2D eigenvalue weighted by Gasteiger charge is 2.38. The molecule has 3 heteroatoms. The molecular formula is C24H46O3. The number of unbranched alkanes of at least 4 members (excludes halogenated alkanes) is 10. The van der Waals surface area contributed by atoms with Gasteiger partial charge in [-0.05, 0) is 25.7 Å². The van der Waals surface area contributed by atoms with Gasteiger partial charge in [0.1, 0.15) is 0 Å². The van der Waals surface area contributed by atoms with Crippen molar-refractivity contribution in [1.82, 2.24) is 0 Å². The minimum Gasteiger partial charge on any atom is -0.393 e. The van der Waals surface area contributed by atoms with E-state index in [1.165, 1.54) is 64.2 Å². The smallest absolute Gasteiger partial charge is 0.319 e. The molecule has 0 aliphatic heterocycles. The Labute approximate surface area is 169 Å². The van der Waals surface area contributed by atoms with E-state index in [1.54, 1.807) is 0 Å². The summed E-state index contributed by atoms with van der Waals surface area (Å²) in [4.78, 5) is 24.7. The number of esters is 2. The van der Waals surface area contributed by atoms with Crippen LogP contribution in [-0.2, 0) is 14.3 Å². The summed E-state index contributed by atoms with van der Waals surface area (Å²) in [7, 11) is 0. The Hall–Kier alpha value is -0.860. The zero-order valence-electron chi connectivity index (χ0n) is 18.7. The van der Waals surface area contributed by atoms with Gasteiger partial charge in [-0.25, -0.2) is 0 Å². The van der Waals surface area contributed by atoms with Crippen LogP contribution in [0.5, 0.6) is 0 Å². The first-order valence-electron chi connectivity index (χ1n) is 11.8. The molecule has 0 aromatic carbocycles. The molecule has 160 valence electrons. The Morgan fingerprint density at radius 3 is 1.48 bits per heavy atom. The van der Waals surface area contributed by atoms with Crippen LogP contribution in [0.25, 0.3) is 0 Å². The standard InChI is InChI=1S/C24H46O3/c1-5-9-11-13-15-17-20-24(8-4,21-18-16-14-12-10-6-2)23(26)27-22(25)19-7-3/h5-21H2,1-4H3. The minimum atomic E-state index is -0.459. The van der Waals surface area contributed by atoms with Crippen LogP contribution in [0.15, 0.2) is 0 Å². The van der Waals surface area contributed by atoms with Gasteiger partial charge in [-0.15, -0.1) is 0 Å². The van der Waals surface area contributed by atoms with E-state index >= 15 is 0 Å². The zero-order chi connectivity index (χ0) is 20.4. The summed E-state index contributed by atoms with van der Waals surface area (Å²) in [5, 5.41) is 0. The molecule has 0 aliphatic rings. The van der Waals surface area contributed by atoms with Crippen LogP contribution in [0.1, 0.15) is 137 Å². The Balaban J connectivity index is 4.66. The van der Waals surface area contributed by atoms with E-state index in [9.17, 15) is 9.59 Å². The van der Waals surface area contributed by atoms with Gasteiger partial charge in [0.2, 0.25) is 0 Å². The third-order valence-corrected chi connectivity index (χ3v) is 5.79. The second kappa shape index (κ2) is 17.3. The third kappa shape index (κ3) is 12.3. The molecule has 0 aromatic heterocycles. The van der Waals surface area contributed by atoms with Crippen molar-refractivity contribution in [2.24, 2.45) is 5.41 Å². The Kier molecular flexibility index (Phi) is 16.7. The molecule has 0 aromatic rings. The van der Waals surface area contributed by atoms with Crippen LogP contribution in [0, 0.1) is 5.41 Å². The SMILES string of the molecule is CCCCCCCCC(CC)(CCCCCCCC)C(=O)OC(=O)CCC. The summed E-state index contributed by atoms with van der Waals surface area (Å²) < 4.78 is 5.26. The zero-order valence-corrected chi connectivity index (χ0v) is 18.7. The maximum Gasteiger partial charge on any atom is 0.319 e. The molecule has 0 rings (SSSR count). The second-order valence-electron chi connectivity index (χ2n) is 8.18. The van der Waals surface area contributed by atoms with Crippen molar-refractivity contribution in [3.63, 3.8) is 0 Å². The lowest BCUT2D eigenvalue weighted by atomic mass is 9.75. The summed E-state index contributed by atoms with van der Waals surface area (Å²) in [6.07, 6.45) is 18.2. The van der Waals surface area contributed by atoms with Gasteiger partial charge >= 0.3 is 11.9 Å². The van der Waals surface area contributed by atoms with Gasteiger partial charge in [0, 0.05) is 6.42 Å². The normalized spacial score (nSPS) is 11.6. The highest BCUT2D eigenvalue weighted by molar-refractivity contribution is 5.88. The first kappa shape index (κ1) is 26.1. The fourth-order valence-electron chi connectivity index (χ4n) is 3.78. The highest BCUT2D eigenvalue weighted by atomic mass is 16.6. The number of carbonyl (C=O) groups is 2. The maximum absolute atomic E-state index is 12.9. The summed E-state index contributed by atoms with van der Waals surface area (Å²) in [5.74, 6) is -0.614. The quantitative estimate of drug-likeness (QED) is 0.138. The number of rotatable bonds is 18. The topological polar surface area (TPSA) is 43.4 Å². The first-order valence-corrected chi connectivity index (χ1v) is 11.8. The van der Waals surface area contributed by atoms with Gasteiger partial charge in [-0.2, -0.15) is 0 Å². The van der Waals surface area contributed by atoms with Crippen LogP contribution in [-0.4, -0.2) is 11.9 Å². The fraction of sp³-hybridized carbons (Fsp3) is 0.917. The molecule has 0 unspecified atom stereocenters. The van der Waals surface area contributed by atoms with Crippen molar-refractivity contribution in [3.8, 4) is 0 Å². The molecular weight excluding hydrogens is 336 g/mol. The van der Waals surface area contributed by atoms with E-state index in [2.05, 4.69) is 20.8 Å². The number of hydrogen-bond donors (Lipinski definition) is 0. The van der Waals surface area contributed by atoms with Crippen LogP contribution >= 0.6 is 0 Å². The lowest BCUT2D eigenvalue weighted by molar-refractivity contribution is -0.168. The molecule has 0 radical (unpaired) electrons. The minimum absolute atomic E-state index is 0.259. The van der Waals surface area contributed by atoms with Gasteiger partial charge < -0.3 is 4.74 Å². The molecule has 0 heterocycles. The van der Waals surface area contributed by atoms with Crippen molar-refractivity contribution in [2.75, 3.05) is 0 Å². The molecule has 0 N–H and O–H groups in total. The number of ether oxygens (including phenoxy) is 1. The Morgan fingerprint density at radius 2 is 1.07 bits per heavy atom. The van der Waals surface area contributed by atoms with Crippen molar-refractivity contribution in [1.29, 1.82) is 0 Å². The molecule has 0 amide bonds. The van der Waals surface area contributed by atoms with E-state index in [1.807, 2.05) is 6.92 Å². The van der Waals surface area contributed by atoms with Crippen molar-refractivity contribution in [2.45, 2.75) is 137 Å². The summed E-state index contributed by atoms with van der Waals surface area (Å²) in [6.45, 7) is 8.48. The lowest BCUT2D eigenvalue weighted by Crippen LogP contribution is -2.34. The monoisotopic (exact) mass is 382 g/mol. The second-order valence-corrected chi connectivity index (χ2v) is 8.18. The van der Waals surface area contributed by atoms with E-state index in [4.69, 9.17) is 4.74 Å². The predicted octanol–water partition coefficient (Wildman–Crippen LogP) is 7.75. The molecule has 0 spiro atoms. The fourth-order valence-corrected chi connectivity index (χ4v) is 3.78. The lowest BCUT2D eigenvalue weighted by Gasteiger charge is -2.30. The average molecular weight is 383 g/mol. The predicted molar refractivity (Wildman–Crippen MR) is 115 cm³/mol. The Morgan fingerprint density at radius 1 is 0.630 bits per heavy atom. The van der Waals surface area contributed by atoms with Crippen LogP contribution in [0.4, 0.5) is 0 Å².